The van der Waals surface area contributed by atoms with Gasteiger partial charge in [-0.2, -0.15) is 0 Å². The third-order valence-electron chi connectivity index (χ3n) is 2.93. The van der Waals surface area contributed by atoms with Crippen LogP contribution in [0.15, 0.2) is 0 Å². The van der Waals surface area contributed by atoms with E-state index in [4.69, 9.17) is 19.3 Å². The zero-order chi connectivity index (χ0) is 14.6. The van der Waals surface area contributed by atoms with Crippen molar-refractivity contribution in [1.29, 1.82) is 0 Å². The van der Waals surface area contributed by atoms with Gasteiger partial charge in [0.1, 0.15) is 0 Å². The van der Waals surface area contributed by atoms with Gasteiger partial charge in [-0.15, -0.1) is 0 Å². The fourth-order valence-electron chi connectivity index (χ4n) is 1.49. The van der Waals surface area contributed by atoms with E-state index in [0.29, 0.717) is 39.5 Å². The lowest BCUT2D eigenvalue weighted by Gasteiger charge is -2.18. The molecule has 0 unspecified atom stereocenters. The summed E-state index contributed by atoms with van der Waals surface area (Å²) in [5, 5.41) is 8.95. The first kappa shape index (κ1) is 18.4. The number of carboxylic acids is 1. The van der Waals surface area contributed by atoms with Crippen molar-refractivity contribution in [2.75, 3.05) is 40.1 Å². The van der Waals surface area contributed by atoms with Crippen LogP contribution in [0.3, 0.4) is 0 Å². The van der Waals surface area contributed by atoms with Crippen molar-refractivity contribution in [3.05, 3.63) is 0 Å². The van der Waals surface area contributed by atoms with E-state index in [1.165, 1.54) is 0 Å². The molecule has 0 radical (unpaired) electrons. The molecule has 0 aromatic carbocycles. The fourth-order valence-corrected chi connectivity index (χ4v) is 1.49. The van der Waals surface area contributed by atoms with Crippen LogP contribution in [-0.2, 0) is 19.0 Å². The Morgan fingerprint density at radius 2 is 1.53 bits per heavy atom. The van der Waals surface area contributed by atoms with E-state index in [0.717, 1.165) is 19.3 Å². The van der Waals surface area contributed by atoms with Gasteiger partial charge in [-0.25, -0.2) is 0 Å². The van der Waals surface area contributed by atoms with Gasteiger partial charge in [-0.05, 0) is 33.1 Å². The van der Waals surface area contributed by atoms with Gasteiger partial charge in [-0.3, -0.25) is 4.79 Å². The Bertz CT molecular complexity index is 228. The maximum Gasteiger partial charge on any atom is 0.309 e. The summed E-state index contributed by atoms with van der Waals surface area (Å²) in [7, 11) is 1.65. The molecule has 0 aliphatic carbocycles. The topological polar surface area (TPSA) is 65.0 Å². The van der Waals surface area contributed by atoms with Gasteiger partial charge in [-0.1, -0.05) is 6.42 Å². The minimum Gasteiger partial charge on any atom is -0.481 e. The number of aliphatic carboxylic acids is 1. The zero-order valence-corrected chi connectivity index (χ0v) is 12.4. The van der Waals surface area contributed by atoms with Crippen molar-refractivity contribution < 1.29 is 24.1 Å². The van der Waals surface area contributed by atoms with Crippen molar-refractivity contribution in [1.82, 2.24) is 0 Å². The van der Waals surface area contributed by atoms with Gasteiger partial charge in [0.2, 0.25) is 0 Å². The van der Waals surface area contributed by atoms with Crippen LogP contribution >= 0.6 is 0 Å². The van der Waals surface area contributed by atoms with Crippen molar-refractivity contribution in [2.45, 2.75) is 39.5 Å². The van der Waals surface area contributed by atoms with Gasteiger partial charge >= 0.3 is 5.97 Å². The molecule has 0 rings (SSSR count). The molecule has 0 amide bonds. The Morgan fingerprint density at radius 3 is 2.11 bits per heavy atom. The number of rotatable bonds is 13. The zero-order valence-electron chi connectivity index (χ0n) is 12.4. The largest absolute Gasteiger partial charge is 0.481 e. The van der Waals surface area contributed by atoms with Crippen LogP contribution in [0.2, 0.25) is 0 Å². The molecule has 0 aromatic heterocycles. The van der Waals surface area contributed by atoms with Crippen molar-refractivity contribution in [3.8, 4) is 0 Å². The lowest BCUT2D eigenvalue weighted by atomic mass is 9.87. The summed E-state index contributed by atoms with van der Waals surface area (Å²) in [6.07, 6.45) is 3.35. The Kier molecular flexibility index (Phi) is 10.8. The van der Waals surface area contributed by atoms with Crippen LogP contribution in [0.4, 0.5) is 0 Å². The maximum absolute atomic E-state index is 10.9. The molecule has 0 aliphatic heterocycles. The molecule has 1 N–H and O–H groups in total. The van der Waals surface area contributed by atoms with Gasteiger partial charge in [0, 0.05) is 26.9 Å². The summed E-state index contributed by atoms with van der Waals surface area (Å²) in [6.45, 7) is 6.83. The van der Waals surface area contributed by atoms with Crippen LogP contribution in [0.25, 0.3) is 0 Å². The third kappa shape index (κ3) is 10.9. The summed E-state index contributed by atoms with van der Waals surface area (Å²) in [4.78, 5) is 10.9. The van der Waals surface area contributed by atoms with Crippen LogP contribution in [0.1, 0.15) is 39.5 Å². The second kappa shape index (κ2) is 11.2. The van der Waals surface area contributed by atoms with Gasteiger partial charge < -0.3 is 19.3 Å². The Hall–Kier alpha value is -0.650. The summed E-state index contributed by atoms with van der Waals surface area (Å²) in [6, 6.07) is 0. The second-order valence-corrected chi connectivity index (χ2v) is 5.22. The molecule has 5 nitrogen and oxygen atoms in total. The fraction of sp³-hybridized carbons (Fsp3) is 0.929. The number of ether oxygens (including phenoxy) is 3. The highest BCUT2D eigenvalue weighted by molar-refractivity contribution is 5.73. The maximum atomic E-state index is 10.9. The molecule has 0 aliphatic rings. The summed E-state index contributed by atoms with van der Waals surface area (Å²) in [5.41, 5.74) is -0.630. The summed E-state index contributed by atoms with van der Waals surface area (Å²) >= 11 is 0. The lowest BCUT2D eigenvalue weighted by Crippen LogP contribution is -2.23. The molecule has 19 heavy (non-hydrogen) atoms. The van der Waals surface area contributed by atoms with E-state index < -0.39 is 11.4 Å². The average molecular weight is 276 g/mol. The number of carbonyl (C=O) groups is 1. The van der Waals surface area contributed by atoms with Crippen molar-refractivity contribution in [2.24, 2.45) is 5.41 Å². The predicted octanol–water partition coefficient (Wildman–Crippen LogP) is 2.34. The molecular formula is C14H28O5. The minimum absolute atomic E-state index is 0.625. The van der Waals surface area contributed by atoms with E-state index in [1.54, 1.807) is 21.0 Å². The number of methoxy groups -OCH3 is 1. The molecular weight excluding hydrogens is 248 g/mol. The SMILES string of the molecule is COCCOCCCOCCCCC(C)(C)C(=O)O. The molecule has 5 heteroatoms. The molecule has 114 valence electrons. The highest BCUT2D eigenvalue weighted by atomic mass is 16.5. The monoisotopic (exact) mass is 276 g/mol. The third-order valence-corrected chi connectivity index (χ3v) is 2.93. The van der Waals surface area contributed by atoms with Crippen molar-refractivity contribution in [3.63, 3.8) is 0 Å². The Balaban J connectivity index is 3.21. The summed E-state index contributed by atoms with van der Waals surface area (Å²) in [5.74, 6) is -0.735. The quantitative estimate of drug-likeness (QED) is 0.523. The van der Waals surface area contributed by atoms with Crippen LogP contribution in [0.5, 0.6) is 0 Å². The Labute approximate surface area is 116 Å². The van der Waals surface area contributed by atoms with Gasteiger partial charge in [0.25, 0.3) is 0 Å². The molecule has 0 bridgehead atoms. The molecule has 0 saturated carbocycles. The first-order valence-corrected chi connectivity index (χ1v) is 6.88. The molecule has 0 aromatic rings. The van der Waals surface area contributed by atoms with Crippen molar-refractivity contribution >= 4 is 5.97 Å². The number of carboxylic acid groups (broad SMARTS) is 1. The van der Waals surface area contributed by atoms with Gasteiger partial charge in [0.15, 0.2) is 0 Å². The standard InChI is InChI=1S/C14H28O5/c1-14(2,13(15)16)7-4-5-8-18-9-6-10-19-12-11-17-3/h4-12H2,1-3H3,(H,15,16). The minimum atomic E-state index is -0.735. The Morgan fingerprint density at radius 1 is 0.947 bits per heavy atom. The number of hydrogen-bond acceptors (Lipinski definition) is 4. The molecule has 0 fully saturated rings. The van der Waals surface area contributed by atoms with Crippen LogP contribution < -0.4 is 0 Å². The first-order valence-electron chi connectivity index (χ1n) is 6.88. The van der Waals surface area contributed by atoms with E-state index in [-0.39, 0.29) is 0 Å². The molecule has 0 atom stereocenters. The van der Waals surface area contributed by atoms with Gasteiger partial charge in [0.05, 0.1) is 18.6 Å². The molecule has 0 heterocycles. The number of hydrogen-bond donors (Lipinski definition) is 1. The van der Waals surface area contributed by atoms with E-state index in [9.17, 15) is 4.79 Å². The van der Waals surface area contributed by atoms with E-state index in [2.05, 4.69) is 0 Å². The second-order valence-electron chi connectivity index (χ2n) is 5.22. The smallest absolute Gasteiger partial charge is 0.309 e. The molecule has 0 spiro atoms. The van der Waals surface area contributed by atoms with E-state index >= 15 is 0 Å². The normalized spacial score (nSPS) is 11.7. The van der Waals surface area contributed by atoms with Crippen LogP contribution in [-0.4, -0.2) is 51.2 Å². The highest BCUT2D eigenvalue weighted by Crippen LogP contribution is 2.23. The van der Waals surface area contributed by atoms with E-state index in [1.807, 2.05) is 0 Å². The number of unbranched alkanes of at least 4 members (excludes halogenated alkanes) is 1. The summed E-state index contributed by atoms with van der Waals surface area (Å²) < 4.78 is 15.6. The predicted molar refractivity (Wildman–Crippen MR) is 73.4 cm³/mol. The van der Waals surface area contributed by atoms with Crippen LogP contribution in [0, 0.1) is 5.41 Å². The molecule has 0 saturated heterocycles. The first-order chi connectivity index (χ1) is 9.00. The average Bonchev–Trinajstić information content (AvgIpc) is 2.35. The lowest BCUT2D eigenvalue weighted by molar-refractivity contribution is -0.147. The highest BCUT2D eigenvalue weighted by Gasteiger charge is 2.25.